The summed E-state index contributed by atoms with van der Waals surface area (Å²) in [6.07, 6.45) is 0.498. The molecule has 2 N–H and O–H groups in total. The summed E-state index contributed by atoms with van der Waals surface area (Å²) in [4.78, 5) is 13.4. The lowest BCUT2D eigenvalue weighted by molar-refractivity contribution is -0.120. The summed E-state index contributed by atoms with van der Waals surface area (Å²) in [6, 6.07) is 8.23. The van der Waals surface area contributed by atoms with Crippen molar-refractivity contribution in [1.82, 2.24) is 10.6 Å². The highest BCUT2D eigenvalue weighted by atomic mass is 16.5. The molecule has 0 aliphatic heterocycles. The summed E-state index contributed by atoms with van der Waals surface area (Å²) >= 11 is 0. The molecule has 0 aliphatic carbocycles. The highest BCUT2D eigenvalue weighted by molar-refractivity contribution is 5.76. The number of ether oxygens (including phenoxy) is 1. The molecule has 1 amide bonds. The maximum atomic E-state index is 11.3. The first-order valence-electron chi connectivity index (χ1n) is 6.88. The fourth-order valence-corrected chi connectivity index (χ4v) is 1.94. The number of para-hydroxylation sites is 1. The minimum atomic E-state index is 0.0625. The van der Waals surface area contributed by atoms with Gasteiger partial charge in [-0.15, -0.1) is 0 Å². The standard InChI is InChI=1S/C15H25N3O2/c1-16-15(19)8-10-18(2)14-7-5-4-6-13(14)12-17-9-11-20-3/h4-7,17H,8-12H2,1-3H3,(H,16,19). The lowest BCUT2D eigenvalue weighted by atomic mass is 10.1. The molecule has 0 unspecified atom stereocenters. The zero-order valence-corrected chi connectivity index (χ0v) is 12.6. The van der Waals surface area contributed by atoms with Crippen LogP contribution < -0.4 is 15.5 Å². The van der Waals surface area contributed by atoms with E-state index in [1.54, 1.807) is 14.2 Å². The van der Waals surface area contributed by atoms with Crippen LogP contribution in [0.3, 0.4) is 0 Å². The quantitative estimate of drug-likeness (QED) is 0.662. The Labute approximate surface area is 121 Å². The number of rotatable bonds is 9. The van der Waals surface area contributed by atoms with Crippen molar-refractivity contribution in [3.63, 3.8) is 0 Å². The molecule has 1 aromatic carbocycles. The average molecular weight is 279 g/mol. The molecule has 1 aromatic rings. The number of carbonyl (C=O) groups excluding carboxylic acids is 1. The number of nitrogens with zero attached hydrogens (tertiary/aromatic N) is 1. The smallest absolute Gasteiger partial charge is 0.221 e. The van der Waals surface area contributed by atoms with Crippen molar-refractivity contribution >= 4 is 11.6 Å². The Hall–Kier alpha value is -1.59. The van der Waals surface area contributed by atoms with E-state index in [4.69, 9.17) is 4.74 Å². The number of hydrogen-bond acceptors (Lipinski definition) is 4. The lowest BCUT2D eigenvalue weighted by Gasteiger charge is -2.22. The monoisotopic (exact) mass is 279 g/mol. The minimum absolute atomic E-state index is 0.0625. The van der Waals surface area contributed by atoms with Crippen molar-refractivity contribution in [1.29, 1.82) is 0 Å². The normalized spacial score (nSPS) is 10.3. The number of carbonyl (C=O) groups is 1. The summed E-state index contributed by atoms with van der Waals surface area (Å²) in [5.74, 6) is 0.0625. The van der Waals surface area contributed by atoms with Crippen LogP contribution >= 0.6 is 0 Å². The second-order valence-corrected chi connectivity index (χ2v) is 4.64. The zero-order valence-electron chi connectivity index (χ0n) is 12.6. The van der Waals surface area contributed by atoms with E-state index < -0.39 is 0 Å². The summed E-state index contributed by atoms with van der Waals surface area (Å²) < 4.78 is 5.02. The van der Waals surface area contributed by atoms with Crippen LogP contribution in [0.5, 0.6) is 0 Å². The van der Waals surface area contributed by atoms with Gasteiger partial charge in [0.05, 0.1) is 6.61 Å². The molecule has 0 saturated heterocycles. The first-order valence-corrected chi connectivity index (χ1v) is 6.88. The van der Waals surface area contributed by atoms with Gasteiger partial charge in [-0.25, -0.2) is 0 Å². The molecule has 0 aromatic heterocycles. The lowest BCUT2D eigenvalue weighted by Crippen LogP contribution is -2.27. The van der Waals surface area contributed by atoms with Gasteiger partial charge in [0.25, 0.3) is 0 Å². The van der Waals surface area contributed by atoms with Crippen molar-refractivity contribution in [2.75, 3.05) is 45.8 Å². The van der Waals surface area contributed by atoms with Gasteiger partial charge in [0.1, 0.15) is 0 Å². The van der Waals surface area contributed by atoms with E-state index in [2.05, 4.69) is 27.7 Å². The first kappa shape index (κ1) is 16.5. The Kier molecular flexibility index (Phi) is 7.69. The summed E-state index contributed by atoms with van der Waals surface area (Å²) in [5, 5.41) is 5.99. The van der Waals surface area contributed by atoms with E-state index in [9.17, 15) is 4.79 Å². The van der Waals surface area contributed by atoms with E-state index in [1.807, 2.05) is 19.2 Å². The maximum absolute atomic E-state index is 11.3. The number of hydrogen-bond donors (Lipinski definition) is 2. The highest BCUT2D eigenvalue weighted by Gasteiger charge is 2.08. The van der Waals surface area contributed by atoms with Crippen molar-refractivity contribution in [2.45, 2.75) is 13.0 Å². The fraction of sp³-hybridized carbons (Fsp3) is 0.533. The molecule has 0 bridgehead atoms. The summed E-state index contributed by atoms with van der Waals surface area (Å²) in [7, 11) is 5.37. The second-order valence-electron chi connectivity index (χ2n) is 4.64. The van der Waals surface area contributed by atoms with Crippen LogP contribution in [0.25, 0.3) is 0 Å². The van der Waals surface area contributed by atoms with E-state index in [-0.39, 0.29) is 5.91 Å². The second kappa shape index (κ2) is 9.34. The molecule has 0 saturated carbocycles. The van der Waals surface area contributed by atoms with Crippen LogP contribution in [0, 0.1) is 0 Å². The van der Waals surface area contributed by atoms with Gasteiger partial charge < -0.3 is 20.3 Å². The summed E-state index contributed by atoms with van der Waals surface area (Å²) in [5.41, 5.74) is 2.38. The van der Waals surface area contributed by atoms with Gasteiger partial charge >= 0.3 is 0 Å². The van der Waals surface area contributed by atoms with E-state index in [0.717, 1.165) is 18.8 Å². The number of anilines is 1. The highest BCUT2D eigenvalue weighted by Crippen LogP contribution is 2.19. The predicted molar refractivity (Wildman–Crippen MR) is 82.0 cm³/mol. The Morgan fingerprint density at radius 3 is 2.80 bits per heavy atom. The third-order valence-electron chi connectivity index (χ3n) is 3.15. The molecule has 1 rings (SSSR count). The molecular weight excluding hydrogens is 254 g/mol. The van der Waals surface area contributed by atoms with Crippen molar-refractivity contribution in [3.8, 4) is 0 Å². The van der Waals surface area contributed by atoms with Crippen molar-refractivity contribution < 1.29 is 9.53 Å². The van der Waals surface area contributed by atoms with Gasteiger partial charge in [-0.1, -0.05) is 18.2 Å². The molecule has 5 heteroatoms. The molecule has 112 valence electrons. The molecule has 0 heterocycles. The van der Waals surface area contributed by atoms with Crippen LogP contribution in [-0.4, -0.2) is 46.8 Å². The van der Waals surface area contributed by atoms with E-state index >= 15 is 0 Å². The van der Waals surface area contributed by atoms with Crippen molar-refractivity contribution in [3.05, 3.63) is 29.8 Å². The van der Waals surface area contributed by atoms with Crippen LogP contribution in [0.1, 0.15) is 12.0 Å². The first-order chi connectivity index (χ1) is 9.69. The summed E-state index contributed by atoms with van der Waals surface area (Å²) in [6.45, 7) is 3.03. The molecular formula is C15H25N3O2. The number of methoxy groups -OCH3 is 1. The number of amides is 1. The molecule has 20 heavy (non-hydrogen) atoms. The molecule has 0 atom stereocenters. The third kappa shape index (κ3) is 5.59. The molecule has 0 spiro atoms. The average Bonchev–Trinajstić information content (AvgIpc) is 2.49. The van der Waals surface area contributed by atoms with Crippen LogP contribution in [0.4, 0.5) is 5.69 Å². The number of nitrogens with one attached hydrogen (secondary N) is 2. The van der Waals surface area contributed by atoms with Gasteiger partial charge in [0.2, 0.25) is 5.91 Å². The predicted octanol–water partition coefficient (Wildman–Crippen LogP) is 0.995. The van der Waals surface area contributed by atoms with Gasteiger partial charge in [-0.2, -0.15) is 0 Å². The fourth-order valence-electron chi connectivity index (χ4n) is 1.94. The largest absolute Gasteiger partial charge is 0.383 e. The van der Waals surface area contributed by atoms with Gasteiger partial charge in [0.15, 0.2) is 0 Å². The molecule has 0 aliphatic rings. The maximum Gasteiger partial charge on any atom is 0.221 e. The minimum Gasteiger partial charge on any atom is -0.383 e. The van der Waals surface area contributed by atoms with Gasteiger partial charge in [-0.3, -0.25) is 4.79 Å². The Morgan fingerprint density at radius 1 is 1.35 bits per heavy atom. The number of benzene rings is 1. The third-order valence-corrected chi connectivity index (χ3v) is 3.15. The van der Waals surface area contributed by atoms with Gasteiger partial charge in [0, 0.05) is 52.9 Å². The van der Waals surface area contributed by atoms with Gasteiger partial charge in [-0.05, 0) is 11.6 Å². The molecule has 0 radical (unpaired) electrons. The Bertz CT molecular complexity index is 410. The van der Waals surface area contributed by atoms with E-state index in [0.29, 0.717) is 19.6 Å². The zero-order chi connectivity index (χ0) is 14.8. The van der Waals surface area contributed by atoms with E-state index in [1.165, 1.54) is 5.56 Å². The molecule has 0 fully saturated rings. The Balaban J connectivity index is 2.56. The SMILES string of the molecule is CNC(=O)CCN(C)c1ccccc1CNCCOC. The molecule has 5 nitrogen and oxygen atoms in total. The van der Waals surface area contributed by atoms with Crippen LogP contribution in [-0.2, 0) is 16.1 Å². The Morgan fingerprint density at radius 2 is 2.10 bits per heavy atom. The van der Waals surface area contributed by atoms with Crippen LogP contribution in [0.2, 0.25) is 0 Å². The van der Waals surface area contributed by atoms with Crippen LogP contribution in [0.15, 0.2) is 24.3 Å². The topological polar surface area (TPSA) is 53.6 Å². The van der Waals surface area contributed by atoms with Crippen molar-refractivity contribution in [2.24, 2.45) is 0 Å².